The highest BCUT2D eigenvalue weighted by molar-refractivity contribution is 7.17. The molecule has 1 aromatic heterocycles. The van der Waals surface area contributed by atoms with E-state index in [1.165, 1.54) is 16.2 Å². The average Bonchev–Trinajstić information content (AvgIpc) is 2.80. The van der Waals surface area contributed by atoms with Crippen LogP contribution in [-0.2, 0) is 17.6 Å². The molecule has 1 aromatic carbocycles. The lowest BCUT2D eigenvalue weighted by atomic mass is 10.0. The summed E-state index contributed by atoms with van der Waals surface area (Å²) in [6.07, 6.45) is 5.09. The summed E-state index contributed by atoms with van der Waals surface area (Å²) in [5.74, 6) is 0.266. The largest absolute Gasteiger partial charge is 0.483 e. The summed E-state index contributed by atoms with van der Waals surface area (Å²) in [6.45, 7) is 6.07. The van der Waals surface area contributed by atoms with Gasteiger partial charge in [0.05, 0.1) is 5.56 Å². The van der Waals surface area contributed by atoms with Crippen molar-refractivity contribution in [3.8, 4) is 5.75 Å². The minimum atomic E-state index is -0.476. The third kappa shape index (κ3) is 4.55. The van der Waals surface area contributed by atoms with Crippen LogP contribution < -0.4 is 15.8 Å². The normalized spacial score (nSPS) is 13.7. The molecule has 0 saturated carbocycles. The Kier molecular flexibility index (Phi) is 6.39. The monoisotopic (exact) mass is 400 g/mol. The third-order valence-electron chi connectivity index (χ3n) is 5.07. The number of ether oxygens (including phenoxy) is 1. The lowest BCUT2D eigenvalue weighted by Gasteiger charge is -2.14. The molecule has 1 aliphatic rings. The number of hydrogen-bond acceptors (Lipinski definition) is 4. The fraction of sp³-hybridized carbons (Fsp3) is 0.455. The van der Waals surface area contributed by atoms with Gasteiger partial charge in [0.25, 0.3) is 11.8 Å². The predicted molar refractivity (Wildman–Crippen MR) is 113 cm³/mol. The molecular formula is C22H28N2O3S. The van der Waals surface area contributed by atoms with Gasteiger partial charge in [0.1, 0.15) is 10.8 Å². The quantitative estimate of drug-likeness (QED) is 0.697. The van der Waals surface area contributed by atoms with Gasteiger partial charge >= 0.3 is 0 Å². The highest BCUT2D eigenvalue weighted by Crippen LogP contribution is 2.37. The highest BCUT2D eigenvalue weighted by Gasteiger charge is 2.24. The summed E-state index contributed by atoms with van der Waals surface area (Å²) in [5.41, 5.74) is 9.28. The second-order valence-corrected chi connectivity index (χ2v) is 8.77. The molecule has 28 heavy (non-hydrogen) atoms. The molecule has 0 radical (unpaired) electrons. The first-order chi connectivity index (χ1) is 13.4. The van der Waals surface area contributed by atoms with Gasteiger partial charge in [-0.15, -0.1) is 11.3 Å². The van der Waals surface area contributed by atoms with Gasteiger partial charge in [-0.3, -0.25) is 9.59 Å². The Labute approximate surface area is 170 Å². The van der Waals surface area contributed by atoms with Crippen molar-refractivity contribution in [2.45, 2.75) is 58.8 Å². The second-order valence-electron chi connectivity index (χ2n) is 7.67. The van der Waals surface area contributed by atoms with Gasteiger partial charge in [-0.05, 0) is 61.3 Å². The van der Waals surface area contributed by atoms with Crippen LogP contribution in [0, 0.1) is 6.92 Å². The van der Waals surface area contributed by atoms with Crippen molar-refractivity contribution in [2.24, 2.45) is 5.73 Å². The van der Waals surface area contributed by atoms with Crippen molar-refractivity contribution < 1.29 is 14.3 Å². The van der Waals surface area contributed by atoms with Crippen molar-refractivity contribution in [3.05, 3.63) is 45.3 Å². The number of fused-ring (bicyclic) bond motifs is 1. The molecule has 150 valence electrons. The molecule has 6 heteroatoms. The number of thiophene rings is 1. The minimum Gasteiger partial charge on any atom is -0.483 e. The number of benzene rings is 1. The lowest BCUT2D eigenvalue weighted by Crippen LogP contribution is -2.22. The van der Waals surface area contributed by atoms with Crippen molar-refractivity contribution in [1.82, 2.24) is 0 Å². The Morgan fingerprint density at radius 2 is 1.96 bits per heavy atom. The number of carbonyl (C=O) groups excluding carboxylic acids is 2. The number of carbonyl (C=O) groups is 2. The predicted octanol–water partition coefficient (Wildman–Crippen LogP) is 4.57. The van der Waals surface area contributed by atoms with Crippen molar-refractivity contribution >= 4 is 28.2 Å². The first-order valence-electron chi connectivity index (χ1n) is 9.84. The van der Waals surface area contributed by atoms with Crippen LogP contribution >= 0.6 is 11.3 Å². The van der Waals surface area contributed by atoms with Gasteiger partial charge < -0.3 is 15.8 Å². The maximum absolute atomic E-state index is 12.5. The molecule has 3 N–H and O–H groups in total. The van der Waals surface area contributed by atoms with Crippen molar-refractivity contribution in [2.75, 3.05) is 11.9 Å². The molecular weight excluding hydrogens is 372 g/mol. The number of nitrogens with one attached hydrogen (secondary N) is 1. The van der Waals surface area contributed by atoms with Gasteiger partial charge in [-0.2, -0.15) is 0 Å². The Hall–Kier alpha value is -2.34. The fourth-order valence-corrected chi connectivity index (χ4v) is 4.95. The molecule has 0 unspecified atom stereocenters. The van der Waals surface area contributed by atoms with Gasteiger partial charge in [0, 0.05) is 4.88 Å². The van der Waals surface area contributed by atoms with Crippen molar-refractivity contribution in [3.63, 3.8) is 0 Å². The fourth-order valence-electron chi connectivity index (χ4n) is 3.64. The molecule has 2 amide bonds. The van der Waals surface area contributed by atoms with Gasteiger partial charge in [0.15, 0.2) is 6.61 Å². The molecule has 0 fully saturated rings. The number of amides is 2. The Morgan fingerprint density at radius 1 is 1.21 bits per heavy atom. The van der Waals surface area contributed by atoms with Crippen LogP contribution in [0.15, 0.2) is 18.2 Å². The van der Waals surface area contributed by atoms with E-state index in [-0.39, 0.29) is 12.5 Å². The number of nitrogens with two attached hydrogens (primary N) is 1. The van der Waals surface area contributed by atoms with Crippen LogP contribution in [0.4, 0.5) is 5.00 Å². The van der Waals surface area contributed by atoms with Gasteiger partial charge in [-0.1, -0.05) is 32.4 Å². The summed E-state index contributed by atoms with van der Waals surface area (Å²) < 4.78 is 5.81. The zero-order valence-electron chi connectivity index (χ0n) is 16.8. The van der Waals surface area contributed by atoms with E-state index in [1.54, 1.807) is 0 Å². The second kappa shape index (κ2) is 8.78. The molecule has 3 rings (SSSR count). The summed E-state index contributed by atoms with van der Waals surface area (Å²) in [4.78, 5) is 25.7. The van der Waals surface area contributed by atoms with Gasteiger partial charge in [0.2, 0.25) is 0 Å². The molecule has 1 heterocycles. The van der Waals surface area contributed by atoms with Crippen LogP contribution in [0.2, 0.25) is 0 Å². The van der Waals surface area contributed by atoms with E-state index in [0.717, 1.165) is 54.5 Å². The molecule has 2 aromatic rings. The zero-order chi connectivity index (χ0) is 20.3. The topological polar surface area (TPSA) is 81.4 Å². The van der Waals surface area contributed by atoms with E-state index in [1.807, 2.05) is 25.1 Å². The van der Waals surface area contributed by atoms with Crippen LogP contribution in [0.25, 0.3) is 0 Å². The Morgan fingerprint density at radius 3 is 2.68 bits per heavy atom. The van der Waals surface area contributed by atoms with E-state index in [4.69, 9.17) is 10.5 Å². The smallest absolute Gasteiger partial charge is 0.262 e. The third-order valence-corrected chi connectivity index (χ3v) is 6.28. The number of hydrogen-bond donors (Lipinski definition) is 2. The summed E-state index contributed by atoms with van der Waals surface area (Å²) in [5, 5.41) is 3.41. The summed E-state index contributed by atoms with van der Waals surface area (Å²) in [6, 6.07) is 6.03. The van der Waals surface area contributed by atoms with Crippen LogP contribution in [0.3, 0.4) is 0 Å². The maximum Gasteiger partial charge on any atom is 0.262 e. The zero-order valence-corrected chi connectivity index (χ0v) is 17.6. The number of anilines is 1. The molecule has 1 aliphatic carbocycles. The van der Waals surface area contributed by atoms with E-state index in [0.29, 0.717) is 16.5 Å². The van der Waals surface area contributed by atoms with Crippen LogP contribution in [0.1, 0.15) is 71.0 Å². The molecule has 0 bridgehead atoms. The van der Waals surface area contributed by atoms with Crippen LogP contribution in [0.5, 0.6) is 5.75 Å². The van der Waals surface area contributed by atoms with Gasteiger partial charge in [-0.25, -0.2) is 0 Å². The molecule has 0 aliphatic heterocycles. The first-order valence-corrected chi connectivity index (χ1v) is 10.7. The van der Waals surface area contributed by atoms with Crippen LogP contribution in [-0.4, -0.2) is 18.4 Å². The average molecular weight is 401 g/mol. The number of aryl methyl sites for hydroxylation is 2. The molecule has 5 nitrogen and oxygen atoms in total. The molecule has 0 spiro atoms. The lowest BCUT2D eigenvalue weighted by molar-refractivity contribution is -0.118. The maximum atomic E-state index is 12.5. The van der Waals surface area contributed by atoms with Crippen molar-refractivity contribution in [1.29, 1.82) is 0 Å². The van der Waals surface area contributed by atoms with E-state index in [2.05, 4.69) is 19.2 Å². The highest BCUT2D eigenvalue weighted by atomic mass is 32.1. The number of rotatable bonds is 6. The SMILES string of the molecule is Cc1ccc(C(C)C)c(OCC(=O)Nc2sc3c(c2C(N)=O)CCCCC3)c1. The Balaban J connectivity index is 1.74. The first kappa shape index (κ1) is 20.4. The summed E-state index contributed by atoms with van der Waals surface area (Å²) in [7, 11) is 0. The van der Waals surface area contributed by atoms with E-state index >= 15 is 0 Å². The summed E-state index contributed by atoms with van der Waals surface area (Å²) >= 11 is 1.48. The van der Waals surface area contributed by atoms with E-state index < -0.39 is 5.91 Å². The minimum absolute atomic E-state index is 0.107. The standard InChI is InChI=1S/C22H28N2O3S/c1-13(2)15-10-9-14(3)11-17(15)27-12-19(25)24-22-20(21(23)26)16-7-5-4-6-8-18(16)28-22/h9-11,13H,4-8,12H2,1-3H3,(H2,23,26)(H,24,25). The molecule has 0 atom stereocenters. The number of primary amides is 1. The Bertz CT molecular complexity index is 886. The van der Waals surface area contributed by atoms with E-state index in [9.17, 15) is 9.59 Å². The molecule has 0 saturated heterocycles.